The zero-order valence-corrected chi connectivity index (χ0v) is 21.1. The number of rotatable bonds is 7. The van der Waals surface area contributed by atoms with E-state index in [0.717, 1.165) is 49.5 Å². The Labute approximate surface area is 199 Å². The molecule has 1 unspecified atom stereocenters. The molecule has 0 radical (unpaired) electrons. The van der Waals surface area contributed by atoms with Gasteiger partial charge in [0, 0.05) is 42.0 Å². The second-order valence-corrected chi connectivity index (χ2v) is 9.54. The van der Waals surface area contributed by atoms with Gasteiger partial charge in [-0.15, -0.1) is 0 Å². The van der Waals surface area contributed by atoms with E-state index in [4.69, 9.17) is 9.72 Å². The highest BCUT2D eigenvalue weighted by Gasteiger charge is 2.30. The lowest BCUT2D eigenvalue weighted by Gasteiger charge is -2.40. The van der Waals surface area contributed by atoms with Gasteiger partial charge in [-0.2, -0.15) is 0 Å². The molecule has 3 aromatic rings. The highest BCUT2D eigenvalue weighted by atomic mass is 16.5. The molecule has 1 aromatic heterocycles. The van der Waals surface area contributed by atoms with Crippen LogP contribution in [-0.4, -0.2) is 23.5 Å². The Balaban J connectivity index is 1.74. The Morgan fingerprint density at radius 3 is 2.36 bits per heavy atom. The molecule has 0 aliphatic carbocycles. The third-order valence-electron chi connectivity index (χ3n) is 7.19. The van der Waals surface area contributed by atoms with Crippen LogP contribution in [0.2, 0.25) is 0 Å². The molecule has 1 aliphatic rings. The zero-order chi connectivity index (χ0) is 23.5. The fourth-order valence-corrected chi connectivity index (χ4v) is 5.56. The standard InChI is InChI=1S/C30H38N2O/c1-7-22-13-11-14-23(8-2)29(22)27-18-28(33-6)26(21(5)31-27)19-32-17-16-24-12-9-10-15-25(24)30(32)20(3)4/h9-15,18,20,30H,7-8,16-17,19H2,1-6H3. The van der Waals surface area contributed by atoms with Crippen LogP contribution in [0.5, 0.6) is 5.75 Å². The van der Waals surface area contributed by atoms with E-state index in [9.17, 15) is 0 Å². The molecular weight excluding hydrogens is 404 g/mol. The quantitative estimate of drug-likeness (QED) is 0.396. The van der Waals surface area contributed by atoms with Crippen LogP contribution in [-0.2, 0) is 25.8 Å². The largest absolute Gasteiger partial charge is 0.496 e. The molecule has 3 nitrogen and oxygen atoms in total. The number of fused-ring (bicyclic) bond motifs is 1. The van der Waals surface area contributed by atoms with E-state index >= 15 is 0 Å². The smallest absolute Gasteiger partial charge is 0.127 e. The minimum absolute atomic E-state index is 0.409. The number of hydrogen-bond acceptors (Lipinski definition) is 3. The maximum absolute atomic E-state index is 5.98. The van der Waals surface area contributed by atoms with Crippen molar-refractivity contribution in [3.8, 4) is 17.0 Å². The summed E-state index contributed by atoms with van der Waals surface area (Å²) in [6.45, 7) is 13.2. The summed E-state index contributed by atoms with van der Waals surface area (Å²) in [4.78, 5) is 7.76. The van der Waals surface area contributed by atoms with Gasteiger partial charge >= 0.3 is 0 Å². The molecule has 3 heteroatoms. The first kappa shape index (κ1) is 23.5. The van der Waals surface area contributed by atoms with Crippen LogP contribution in [0.15, 0.2) is 48.5 Å². The van der Waals surface area contributed by atoms with E-state index in [1.807, 2.05) is 0 Å². The first-order valence-corrected chi connectivity index (χ1v) is 12.5. The average molecular weight is 443 g/mol. The van der Waals surface area contributed by atoms with Gasteiger partial charge in [-0.25, -0.2) is 0 Å². The van der Waals surface area contributed by atoms with Crippen LogP contribution < -0.4 is 4.74 Å². The maximum Gasteiger partial charge on any atom is 0.127 e. The lowest BCUT2D eigenvalue weighted by Crippen LogP contribution is -2.38. The Morgan fingerprint density at radius 1 is 1.03 bits per heavy atom. The second-order valence-electron chi connectivity index (χ2n) is 9.54. The van der Waals surface area contributed by atoms with Gasteiger partial charge in [0.2, 0.25) is 0 Å². The molecule has 33 heavy (non-hydrogen) atoms. The van der Waals surface area contributed by atoms with Crippen molar-refractivity contribution in [1.82, 2.24) is 9.88 Å². The molecule has 0 saturated carbocycles. The highest BCUT2D eigenvalue weighted by Crippen LogP contribution is 2.39. The lowest BCUT2D eigenvalue weighted by atomic mass is 9.86. The van der Waals surface area contributed by atoms with Crippen molar-refractivity contribution in [3.63, 3.8) is 0 Å². The molecule has 0 bridgehead atoms. The summed E-state index contributed by atoms with van der Waals surface area (Å²) < 4.78 is 5.98. The number of ether oxygens (including phenoxy) is 1. The Kier molecular flexibility index (Phi) is 7.19. The third kappa shape index (κ3) is 4.56. The molecule has 1 atom stereocenters. The second kappa shape index (κ2) is 10.1. The van der Waals surface area contributed by atoms with Crippen molar-refractivity contribution in [2.75, 3.05) is 13.7 Å². The van der Waals surface area contributed by atoms with Crippen LogP contribution >= 0.6 is 0 Å². The molecule has 174 valence electrons. The van der Waals surface area contributed by atoms with Crippen molar-refractivity contribution >= 4 is 0 Å². The van der Waals surface area contributed by atoms with E-state index in [1.165, 1.54) is 33.4 Å². The van der Waals surface area contributed by atoms with Crippen LogP contribution in [0.3, 0.4) is 0 Å². The van der Waals surface area contributed by atoms with E-state index in [0.29, 0.717) is 12.0 Å². The minimum atomic E-state index is 0.409. The van der Waals surface area contributed by atoms with Crippen molar-refractivity contribution in [3.05, 3.63) is 82.0 Å². The Hall–Kier alpha value is -2.65. The number of benzene rings is 2. The predicted molar refractivity (Wildman–Crippen MR) is 138 cm³/mol. The fraction of sp³-hybridized carbons (Fsp3) is 0.433. The summed E-state index contributed by atoms with van der Waals surface area (Å²) in [5.41, 5.74) is 10.3. The topological polar surface area (TPSA) is 25.4 Å². The molecule has 2 heterocycles. The molecule has 4 rings (SSSR count). The molecular formula is C30H38N2O. The number of nitrogens with zero attached hydrogens (tertiary/aromatic N) is 2. The minimum Gasteiger partial charge on any atom is -0.496 e. The van der Waals surface area contributed by atoms with Gasteiger partial charge in [0.25, 0.3) is 0 Å². The van der Waals surface area contributed by atoms with E-state index in [2.05, 4.69) is 88.0 Å². The van der Waals surface area contributed by atoms with Gasteiger partial charge in [0.1, 0.15) is 5.75 Å². The monoisotopic (exact) mass is 442 g/mol. The SMILES string of the molecule is CCc1cccc(CC)c1-c1cc(OC)c(CN2CCc3ccccc3C2C(C)C)c(C)n1. The zero-order valence-electron chi connectivity index (χ0n) is 21.1. The number of methoxy groups -OCH3 is 1. The number of aryl methyl sites for hydroxylation is 3. The molecule has 0 N–H and O–H groups in total. The molecule has 0 spiro atoms. The third-order valence-corrected chi connectivity index (χ3v) is 7.19. The van der Waals surface area contributed by atoms with E-state index in [-0.39, 0.29) is 0 Å². The molecule has 1 aliphatic heterocycles. The first-order valence-electron chi connectivity index (χ1n) is 12.5. The van der Waals surface area contributed by atoms with Crippen LogP contribution in [0, 0.1) is 12.8 Å². The number of aromatic nitrogens is 1. The van der Waals surface area contributed by atoms with Crippen molar-refractivity contribution in [2.45, 2.75) is 66.5 Å². The summed E-state index contributed by atoms with van der Waals surface area (Å²) in [5.74, 6) is 1.49. The summed E-state index contributed by atoms with van der Waals surface area (Å²) in [5, 5.41) is 0. The highest BCUT2D eigenvalue weighted by molar-refractivity contribution is 5.70. The normalized spacial score (nSPS) is 16.2. The average Bonchev–Trinajstić information content (AvgIpc) is 2.83. The van der Waals surface area contributed by atoms with Gasteiger partial charge in [-0.3, -0.25) is 9.88 Å². The van der Waals surface area contributed by atoms with Crippen molar-refractivity contribution in [1.29, 1.82) is 0 Å². The number of hydrogen-bond donors (Lipinski definition) is 0. The summed E-state index contributed by atoms with van der Waals surface area (Å²) in [6, 6.07) is 18.1. The van der Waals surface area contributed by atoms with Gasteiger partial charge < -0.3 is 4.74 Å². The van der Waals surface area contributed by atoms with Crippen molar-refractivity contribution in [2.24, 2.45) is 5.92 Å². The lowest BCUT2D eigenvalue weighted by molar-refractivity contribution is 0.134. The van der Waals surface area contributed by atoms with Crippen molar-refractivity contribution < 1.29 is 4.74 Å². The summed E-state index contributed by atoms with van der Waals surface area (Å²) in [7, 11) is 1.79. The van der Waals surface area contributed by atoms with Gasteiger partial charge in [-0.05, 0) is 54.4 Å². The summed E-state index contributed by atoms with van der Waals surface area (Å²) >= 11 is 0. The van der Waals surface area contributed by atoms with Crippen LogP contribution in [0.25, 0.3) is 11.3 Å². The molecule has 0 fully saturated rings. The van der Waals surface area contributed by atoms with Crippen LogP contribution in [0.4, 0.5) is 0 Å². The van der Waals surface area contributed by atoms with Crippen LogP contribution in [0.1, 0.15) is 67.2 Å². The first-order chi connectivity index (χ1) is 16.0. The molecule has 0 saturated heterocycles. The maximum atomic E-state index is 5.98. The van der Waals surface area contributed by atoms with Gasteiger partial charge in [0.05, 0.1) is 12.8 Å². The fourth-order valence-electron chi connectivity index (χ4n) is 5.56. The predicted octanol–water partition coefficient (Wildman–Crippen LogP) is 6.95. The van der Waals surface area contributed by atoms with Gasteiger partial charge in [-0.1, -0.05) is 70.2 Å². The Morgan fingerprint density at radius 2 is 1.73 bits per heavy atom. The summed E-state index contributed by atoms with van der Waals surface area (Å²) in [6.07, 6.45) is 3.09. The van der Waals surface area contributed by atoms with E-state index in [1.54, 1.807) is 7.11 Å². The van der Waals surface area contributed by atoms with Gasteiger partial charge in [0.15, 0.2) is 0 Å². The Bertz CT molecular complexity index is 1100. The number of pyridine rings is 1. The van der Waals surface area contributed by atoms with E-state index < -0.39 is 0 Å². The molecule has 0 amide bonds. The molecule has 2 aromatic carbocycles.